The number of anilines is 1. The molecule has 0 bridgehead atoms. The Bertz CT molecular complexity index is 427. The molecule has 2 atom stereocenters. The molecule has 2 rings (SSSR count). The second-order valence-electron chi connectivity index (χ2n) is 4.52. The summed E-state index contributed by atoms with van der Waals surface area (Å²) >= 11 is 0. The van der Waals surface area contributed by atoms with E-state index in [2.05, 4.69) is 5.32 Å². The Morgan fingerprint density at radius 3 is 2.71 bits per heavy atom. The zero-order valence-corrected chi connectivity index (χ0v) is 9.89. The molecule has 0 aliphatic heterocycles. The number of aliphatic hydroxyl groups is 1. The second kappa shape index (κ2) is 4.72. The van der Waals surface area contributed by atoms with Crippen molar-refractivity contribution in [3.05, 3.63) is 42.5 Å². The zero-order chi connectivity index (χ0) is 12.3. The van der Waals surface area contributed by atoms with Gasteiger partial charge < -0.3 is 10.4 Å². The summed E-state index contributed by atoms with van der Waals surface area (Å²) in [4.78, 5) is 11.8. The lowest BCUT2D eigenvalue weighted by Crippen LogP contribution is -2.42. The number of Topliss-reactive ketones (excluding diaryl/α,β-unsaturated/α-hetero) is 1. The van der Waals surface area contributed by atoms with E-state index in [1.807, 2.05) is 42.5 Å². The maximum absolute atomic E-state index is 11.8. The van der Waals surface area contributed by atoms with E-state index in [1.54, 1.807) is 6.92 Å². The number of aliphatic hydroxyl groups excluding tert-OH is 1. The van der Waals surface area contributed by atoms with E-state index >= 15 is 0 Å². The molecule has 17 heavy (non-hydrogen) atoms. The van der Waals surface area contributed by atoms with Gasteiger partial charge in [-0.2, -0.15) is 0 Å². The summed E-state index contributed by atoms with van der Waals surface area (Å²) in [5.41, 5.74) is 0.264. The van der Waals surface area contributed by atoms with Crippen molar-refractivity contribution >= 4 is 11.5 Å². The van der Waals surface area contributed by atoms with Crippen molar-refractivity contribution in [1.82, 2.24) is 0 Å². The molecule has 3 nitrogen and oxygen atoms in total. The van der Waals surface area contributed by atoms with Crippen LogP contribution < -0.4 is 5.32 Å². The molecular weight excluding hydrogens is 214 g/mol. The van der Waals surface area contributed by atoms with Crippen LogP contribution in [0.2, 0.25) is 0 Å². The predicted molar refractivity (Wildman–Crippen MR) is 67.8 cm³/mol. The van der Waals surface area contributed by atoms with Crippen LogP contribution >= 0.6 is 0 Å². The van der Waals surface area contributed by atoms with Gasteiger partial charge >= 0.3 is 0 Å². The highest BCUT2D eigenvalue weighted by atomic mass is 16.3. The number of ketones is 1. The van der Waals surface area contributed by atoms with Gasteiger partial charge in [0, 0.05) is 18.2 Å². The molecule has 2 N–H and O–H groups in total. The monoisotopic (exact) mass is 231 g/mol. The Hall–Kier alpha value is -1.61. The molecule has 2 unspecified atom stereocenters. The van der Waals surface area contributed by atoms with Crippen molar-refractivity contribution in [1.29, 1.82) is 0 Å². The normalized spacial score (nSPS) is 27.1. The lowest BCUT2D eigenvalue weighted by Gasteiger charge is -2.28. The number of carbonyl (C=O) groups is 1. The summed E-state index contributed by atoms with van der Waals surface area (Å²) in [7, 11) is 0. The third-order valence-electron chi connectivity index (χ3n) is 3.24. The van der Waals surface area contributed by atoms with E-state index in [-0.39, 0.29) is 18.3 Å². The van der Waals surface area contributed by atoms with E-state index in [9.17, 15) is 4.79 Å². The molecule has 0 fully saturated rings. The van der Waals surface area contributed by atoms with Gasteiger partial charge in [0.25, 0.3) is 0 Å². The fourth-order valence-corrected chi connectivity index (χ4v) is 2.20. The molecule has 0 amide bonds. The first-order valence-electron chi connectivity index (χ1n) is 5.81. The van der Waals surface area contributed by atoms with Crippen LogP contribution in [0.1, 0.15) is 13.3 Å². The van der Waals surface area contributed by atoms with Crippen LogP contribution in [0.15, 0.2) is 42.5 Å². The summed E-state index contributed by atoms with van der Waals surface area (Å²) in [6.07, 6.45) is 4.41. The fourth-order valence-electron chi connectivity index (χ4n) is 2.20. The van der Waals surface area contributed by atoms with E-state index in [4.69, 9.17) is 5.11 Å². The van der Waals surface area contributed by atoms with Crippen LogP contribution in [0, 0.1) is 5.92 Å². The molecule has 1 aromatic rings. The number of benzene rings is 1. The summed E-state index contributed by atoms with van der Waals surface area (Å²) in [5, 5.41) is 12.4. The largest absolute Gasteiger partial charge is 0.396 e. The summed E-state index contributed by atoms with van der Waals surface area (Å²) < 4.78 is 0. The quantitative estimate of drug-likeness (QED) is 0.779. The van der Waals surface area contributed by atoms with Gasteiger partial charge in [0.1, 0.15) is 5.54 Å². The van der Waals surface area contributed by atoms with Crippen molar-refractivity contribution in [3.8, 4) is 0 Å². The van der Waals surface area contributed by atoms with Crippen molar-refractivity contribution in [2.24, 2.45) is 5.92 Å². The maximum atomic E-state index is 11.8. The number of nitrogens with one attached hydrogen (secondary N) is 1. The van der Waals surface area contributed by atoms with Crippen molar-refractivity contribution < 1.29 is 9.90 Å². The molecule has 1 aliphatic rings. The maximum Gasteiger partial charge on any atom is 0.159 e. The second-order valence-corrected chi connectivity index (χ2v) is 4.52. The first-order valence-corrected chi connectivity index (χ1v) is 5.81. The topological polar surface area (TPSA) is 49.3 Å². The third-order valence-corrected chi connectivity index (χ3v) is 3.24. The zero-order valence-electron chi connectivity index (χ0n) is 9.89. The molecule has 0 saturated heterocycles. The molecule has 3 heteroatoms. The van der Waals surface area contributed by atoms with Gasteiger partial charge in [0.15, 0.2) is 5.78 Å². The van der Waals surface area contributed by atoms with E-state index in [0.717, 1.165) is 5.69 Å². The van der Waals surface area contributed by atoms with Crippen LogP contribution in [0.25, 0.3) is 0 Å². The molecule has 0 spiro atoms. The number of para-hydroxylation sites is 1. The standard InChI is InChI=1S/C14H17NO2/c1-11(17)14(8-7-12(9-14)10-16)15-13-5-3-2-4-6-13/h2-8,12,15-16H,9-10H2,1H3. The fraction of sp³-hybridized carbons (Fsp3) is 0.357. The van der Waals surface area contributed by atoms with Crippen molar-refractivity contribution in [2.45, 2.75) is 18.9 Å². The lowest BCUT2D eigenvalue weighted by molar-refractivity contribution is -0.120. The van der Waals surface area contributed by atoms with E-state index in [1.165, 1.54) is 0 Å². The van der Waals surface area contributed by atoms with Crippen molar-refractivity contribution in [2.75, 3.05) is 11.9 Å². The SMILES string of the molecule is CC(=O)C1(Nc2ccccc2)C=CC(CO)C1. The Morgan fingerprint density at radius 1 is 1.47 bits per heavy atom. The molecule has 0 heterocycles. The van der Waals surface area contributed by atoms with Crippen LogP contribution in [0.3, 0.4) is 0 Å². The highest BCUT2D eigenvalue weighted by molar-refractivity contribution is 5.92. The first-order chi connectivity index (χ1) is 8.16. The summed E-state index contributed by atoms with van der Waals surface area (Å²) in [5.74, 6) is 0.142. The Morgan fingerprint density at radius 2 is 2.18 bits per heavy atom. The first kappa shape index (κ1) is 11.9. The third kappa shape index (κ3) is 2.39. The van der Waals surface area contributed by atoms with Crippen LogP contribution in [0.4, 0.5) is 5.69 Å². The van der Waals surface area contributed by atoms with E-state index in [0.29, 0.717) is 6.42 Å². The molecule has 0 aromatic heterocycles. The molecule has 0 saturated carbocycles. The minimum Gasteiger partial charge on any atom is -0.396 e. The highest BCUT2D eigenvalue weighted by Crippen LogP contribution is 2.31. The Balaban J connectivity index is 2.20. The smallest absolute Gasteiger partial charge is 0.159 e. The number of hydrogen-bond acceptors (Lipinski definition) is 3. The average Bonchev–Trinajstić information content (AvgIpc) is 2.75. The van der Waals surface area contributed by atoms with Gasteiger partial charge in [-0.15, -0.1) is 0 Å². The predicted octanol–water partition coefficient (Wildman–Crippen LogP) is 1.99. The van der Waals surface area contributed by atoms with Crippen molar-refractivity contribution in [3.63, 3.8) is 0 Å². The van der Waals surface area contributed by atoms with Gasteiger partial charge in [-0.05, 0) is 25.5 Å². The lowest BCUT2D eigenvalue weighted by atomic mass is 9.91. The number of rotatable bonds is 4. The Labute approximate surface area is 101 Å². The minimum absolute atomic E-state index is 0.0649. The van der Waals surface area contributed by atoms with Gasteiger partial charge in [0.05, 0.1) is 0 Å². The number of hydrogen-bond donors (Lipinski definition) is 2. The van der Waals surface area contributed by atoms with Gasteiger partial charge in [0.2, 0.25) is 0 Å². The minimum atomic E-state index is -0.658. The summed E-state index contributed by atoms with van der Waals surface area (Å²) in [6.45, 7) is 1.67. The average molecular weight is 231 g/mol. The molecular formula is C14H17NO2. The van der Waals surface area contributed by atoms with Gasteiger partial charge in [-0.25, -0.2) is 0 Å². The van der Waals surface area contributed by atoms with E-state index < -0.39 is 5.54 Å². The van der Waals surface area contributed by atoms with Crippen LogP contribution in [-0.2, 0) is 4.79 Å². The molecule has 1 aliphatic carbocycles. The van der Waals surface area contributed by atoms with Crippen LogP contribution in [-0.4, -0.2) is 23.0 Å². The highest BCUT2D eigenvalue weighted by Gasteiger charge is 2.38. The Kier molecular flexibility index (Phi) is 3.29. The van der Waals surface area contributed by atoms with Crippen LogP contribution in [0.5, 0.6) is 0 Å². The van der Waals surface area contributed by atoms with Gasteiger partial charge in [-0.1, -0.05) is 30.4 Å². The molecule has 1 aromatic carbocycles. The molecule has 90 valence electrons. The number of carbonyl (C=O) groups excluding carboxylic acids is 1. The summed E-state index contributed by atoms with van der Waals surface area (Å²) in [6, 6.07) is 9.67. The van der Waals surface area contributed by atoms with Gasteiger partial charge in [-0.3, -0.25) is 4.79 Å². The molecule has 0 radical (unpaired) electrons.